The molecule has 4 rings (SSSR count). The maximum atomic E-state index is 13.3. The molecule has 1 N–H and O–H groups in total. The van der Waals surface area contributed by atoms with Gasteiger partial charge in [-0.05, 0) is 82.2 Å². The number of carbonyl (C=O) groups is 2. The van der Waals surface area contributed by atoms with Gasteiger partial charge < -0.3 is 14.8 Å². The van der Waals surface area contributed by atoms with Crippen molar-refractivity contribution in [1.29, 1.82) is 0 Å². The van der Waals surface area contributed by atoms with Crippen LogP contribution in [0.5, 0.6) is 11.5 Å². The first-order chi connectivity index (χ1) is 17.8. The van der Waals surface area contributed by atoms with Crippen molar-refractivity contribution in [2.24, 2.45) is 0 Å². The number of anilines is 2. The van der Waals surface area contributed by atoms with E-state index in [-0.39, 0.29) is 5.91 Å². The van der Waals surface area contributed by atoms with Crippen molar-refractivity contribution in [2.75, 3.05) is 23.9 Å². The number of thioether (sulfide) groups is 1. The van der Waals surface area contributed by atoms with Gasteiger partial charge in [-0.2, -0.15) is 0 Å². The molecule has 0 bridgehead atoms. The smallest absolute Gasteiger partial charge is 0.270 e. The minimum atomic E-state index is -0.398. The van der Waals surface area contributed by atoms with Crippen LogP contribution in [-0.2, 0) is 4.79 Å². The largest absolute Gasteiger partial charge is 0.493 e. The van der Waals surface area contributed by atoms with Gasteiger partial charge in [0.2, 0.25) is 0 Å². The van der Waals surface area contributed by atoms with Gasteiger partial charge in [0, 0.05) is 11.3 Å². The number of amides is 2. The predicted octanol–water partition coefficient (Wildman–Crippen LogP) is 6.82. The molecule has 0 saturated carbocycles. The standard InChI is InChI=1S/C27H20BrFN2O4S2/c1-3-11-35-24-21(28)12-16(13-22(24)34-2)14-23-26(33)31(27(36)37-23)20-6-4-5-17(15-20)25(32)30-19-9-7-18(29)8-10-19/h3-10,12-15H,1,11H2,2H3,(H,30,32)/b23-14+. The van der Waals surface area contributed by atoms with Crippen LogP contribution in [0.15, 0.2) is 82.7 Å². The first-order valence-corrected chi connectivity index (χ1v) is 12.9. The van der Waals surface area contributed by atoms with Crippen molar-refractivity contribution in [3.8, 4) is 11.5 Å². The molecule has 2 amide bonds. The summed E-state index contributed by atoms with van der Waals surface area (Å²) in [5.74, 6) is -0.0795. The van der Waals surface area contributed by atoms with Crippen molar-refractivity contribution in [3.05, 3.63) is 99.6 Å². The average Bonchev–Trinajstić information content (AvgIpc) is 3.16. The summed E-state index contributed by atoms with van der Waals surface area (Å²) in [7, 11) is 1.53. The van der Waals surface area contributed by atoms with Gasteiger partial charge in [-0.25, -0.2) is 4.39 Å². The number of carbonyl (C=O) groups excluding carboxylic acids is 2. The van der Waals surface area contributed by atoms with E-state index in [4.69, 9.17) is 21.7 Å². The third-order valence-electron chi connectivity index (χ3n) is 5.16. The normalized spacial score (nSPS) is 14.1. The van der Waals surface area contributed by atoms with E-state index >= 15 is 0 Å². The van der Waals surface area contributed by atoms with Gasteiger partial charge in [0.1, 0.15) is 12.4 Å². The molecule has 37 heavy (non-hydrogen) atoms. The highest BCUT2D eigenvalue weighted by Gasteiger charge is 2.33. The highest BCUT2D eigenvalue weighted by Crippen LogP contribution is 2.40. The Morgan fingerprint density at radius 3 is 2.68 bits per heavy atom. The summed E-state index contributed by atoms with van der Waals surface area (Å²) in [5.41, 5.74) is 1.95. The summed E-state index contributed by atoms with van der Waals surface area (Å²) in [5, 5.41) is 2.71. The molecule has 0 radical (unpaired) electrons. The number of ether oxygens (including phenoxy) is 2. The van der Waals surface area contributed by atoms with Crippen LogP contribution in [0.1, 0.15) is 15.9 Å². The Morgan fingerprint density at radius 1 is 1.22 bits per heavy atom. The Hall–Kier alpha value is -3.47. The van der Waals surface area contributed by atoms with Crippen molar-refractivity contribution in [3.63, 3.8) is 0 Å². The highest BCUT2D eigenvalue weighted by molar-refractivity contribution is 9.10. The van der Waals surface area contributed by atoms with Crippen molar-refractivity contribution < 1.29 is 23.5 Å². The van der Waals surface area contributed by atoms with E-state index in [1.807, 2.05) is 6.07 Å². The van der Waals surface area contributed by atoms with Gasteiger partial charge in [-0.15, -0.1) is 0 Å². The molecular formula is C27H20BrFN2O4S2. The molecule has 0 aliphatic carbocycles. The second-order valence-corrected chi connectivity index (χ2v) is 10.2. The Kier molecular flexibility index (Phi) is 8.42. The summed E-state index contributed by atoms with van der Waals surface area (Å²) in [6, 6.07) is 15.6. The fourth-order valence-electron chi connectivity index (χ4n) is 3.47. The van der Waals surface area contributed by atoms with Crippen LogP contribution >= 0.6 is 39.9 Å². The third-order valence-corrected chi connectivity index (χ3v) is 7.05. The zero-order valence-corrected chi connectivity index (χ0v) is 22.7. The number of benzene rings is 3. The number of methoxy groups -OCH3 is 1. The van der Waals surface area contributed by atoms with E-state index in [9.17, 15) is 14.0 Å². The highest BCUT2D eigenvalue weighted by atomic mass is 79.9. The van der Waals surface area contributed by atoms with Gasteiger partial charge in [0.25, 0.3) is 11.8 Å². The molecule has 6 nitrogen and oxygen atoms in total. The molecule has 3 aromatic rings. The number of rotatable bonds is 8. The van der Waals surface area contributed by atoms with Crippen LogP contribution in [0.4, 0.5) is 15.8 Å². The Balaban J connectivity index is 1.57. The summed E-state index contributed by atoms with van der Waals surface area (Å²) in [6.07, 6.45) is 3.35. The minimum Gasteiger partial charge on any atom is -0.493 e. The number of nitrogens with zero attached hydrogens (tertiary/aromatic N) is 1. The fourth-order valence-corrected chi connectivity index (χ4v) is 5.34. The Labute approximate surface area is 231 Å². The molecule has 0 atom stereocenters. The molecule has 1 heterocycles. The van der Waals surface area contributed by atoms with Gasteiger partial charge in [-0.1, -0.05) is 42.7 Å². The SMILES string of the molecule is C=CCOc1c(Br)cc(/C=C2/SC(=S)N(c3cccc(C(=O)Nc4ccc(F)cc4)c3)C2=O)cc1OC. The molecule has 188 valence electrons. The number of nitrogens with one attached hydrogen (secondary N) is 1. The van der Waals surface area contributed by atoms with Crippen LogP contribution in [0, 0.1) is 5.82 Å². The van der Waals surface area contributed by atoms with Gasteiger partial charge in [0.05, 0.1) is 22.2 Å². The van der Waals surface area contributed by atoms with E-state index in [0.29, 0.717) is 54.3 Å². The van der Waals surface area contributed by atoms with Gasteiger partial charge >= 0.3 is 0 Å². The molecule has 1 saturated heterocycles. The van der Waals surface area contributed by atoms with Crippen LogP contribution < -0.4 is 19.7 Å². The van der Waals surface area contributed by atoms with Gasteiger partial charge in [0.15, 0.2) is 15.8 Å². The maximum Gasteiger partial charge on any atom is 0.270 e. The third kappa shape index (κ3) is 6.10. The van der Waals surface area contributed by atoms with Crippen LogP contribution in [0.25, 0.3) is 6.08 Å². The molecule has 10 heteroatoms. The number of hydrogen-bond acceptors (Lipinski definition) is 6. The van der Waals surface area contributed by atoms with Crippen molar-refractivity contribution in [1.82, 2.24) is 0 Å². The van der Waals surface area contributed by atoms with Crippen molar-refractivity contribution in [2.45, 2.75) is 0 Å². The predicted molar refractivity (Wildman–Crippen MR) is 153 cm³/mol. The summed E-state index contributed by atoms with van der Waals surface area (Å²) in [6.45, 7) is 3.96. The zero-order chi connectivity index (χ0) is 26.5. The fraction of sp³-hybridized carbons (Fsp3) is 0.0741. The first-order valence-electron chi connectivity index (χ1n) is 10.9. The lowest BCUT2D eigenvalue weighted by molar-refractivity contribution is -0.113. The number of hydrogen-bond donors (Lipinski definition) is 1. The molecule has 0 unspecified atom stereocenters. The van der Waals surface area contributed by atoms with E-state index in [1.54, 1.807) is 42.5 Å². The van der Waals surface area contributed by atoms with E-state index in [0.717, 1.165) is 11.8 Å². The van der Waals surface area contributed by atoms with E-state index in [1.165, 1.54) is 36.3 Å². The topological polar surface area (TPSA) is 67.9 Å². The minimum absolute atomic E-state index is 0.312. The molecule has 1 fully saturated rings. The molecule has 1 aliphatic rings. The first kappa shape index (κ1) is 26.6. The second kappa shape index (κ2) is 11.7. The van der Waals surface area contributed by atoms with Crippen LogP contribution in [0.3, 0.4) is 0 Å². The molecule has 0 spiro atoms. The lowest BCUT2D eigenvalue weighted by Crippen LogP contribution is -2.27. The molecule has 3 aromatic carbocycles. The average molecular weight is 600 g/mol. The van der Waals surface area contributed by atoms with Crippen LogP contribution in [0.2, 0.25) is 0 Å². The quantitative estimate of drug-likeness (QED) is 0.174. The maximum absolute atomic E-state index is 13.3. The molecular weight excluding hydrogens is 579 g/mol. The van der Waals surface area contributed by atoms with E-state index < -0.39 is 11.7 Å². The van der Waals surface area contributed by atoms with Gasteiger partial charge in [-0.3, -0.25) is 14.5 Å². The summed E-state index contributed by atoms with van der Waals surface area (Å²) < 4.78 is 25.3. The number of halogens is 2. The Morgan fingerprint density at radius 2 is 1.97 bits per heavy atom. The number of thiocarbonyl (C=S) groups is 1. The van der Waals surface area contributed by atoms with Crippen molar-refractivity contribution >= 4 is 73.5 Å². The zero-order valence-electron chi connectivity index (χ0n) is 19.5. The lowest BCUT2D eigenvalue weighted by Gasteiger charge is -2.15. The molecule has 0 aromatic heterocycles. The monoisotopic (exact) mass is 598 g/mol. The molecule has 1 aliphatic heterocycles. The van der Waals surface area contributed by atoms with E-state index in [2.05, 4.69) is 27.8 Å². The Bertz CT molecular complexity index is 1430. The summed E-state index contributed by atoms with van der Waals surface area (Å²) in [4.78, 5) is 27.8. The summed E-state index contributed by atoms with van der Waals surface area (Å²) >= 11 is 10.1. The van der Waals surface area contributed by atoms with Crippen LogP contribution in [-0.4, -0.2) is 29.9 Å². The lowest BCUT2D eigenvalue weighted by atomic mass is 10.1. The second-order valence-electron chi connectivity index (χ2n) is 7.66.